The normalized spacial score (nSPS) is 26.9. The van der Waals surface area contributed by atoms with E-state index in [2.05, 4.69) is 21.3 Å². The molecule has 2 aliphatic rings. The van der Waals surface area contributed by atoms with Crippen LogP contribution in [-0.2, 0) is 24.2 Å². The number of fused-ring (bicyclic) bond motifs is 1. The van der Waals surface area contributed by atoms with E-state index in [0.29, 0.717) is 11.7 Å². The van der Waals surface area contributed by atoms with Gasteiger partial charge in [0.2, 0.25) is 0 Å². The molecular formula is C14H20N2O2S. The van der Waals surface area contributed by atoms with E-state index in [0.717, 1.165) is 25.1 Å². The molecule has 19 heavy (non-hydrogen) atoms. The molecule has 104 valence electrons. The zero-order valence-electron chi connectivity index (χ0n) is 11.0. The Balaban J connectivity index is 1.70. The van der Waals surface area contributed by atoms with Crippen molar-refractivity contribution in [3.63, 3.8) is 0 Å². The summed E-state index contributed by atoms with van der Waals surface area (Å²) in [5.41, 5.74) is 1.11. The van der Waals surface area contributed by atoms with Crippen LogP contribution in [0.25, 0.3) is 0 Å². The van der Waals surface area contributed by atoms with Crippen molar-refractivity contribution in [3.05, 3.63) is 17.7 Å². The predicted molar refractivity (Wildman–Crippen MR) is 75.5 cm³/mol. The molecule has 2 aliphatic heterocycles. The molecule has 0 aromatic carbocycles. The Morgan fingerprint density at radius 2 is 2.37 bits per heavy atom. The number of carboxylic acid groups (broad SMARTS) is 1. The van der Waals surface area contributed by atoms with Crippen LogP contribution in [0.2, 0.25) is 0 Å². The second-order valence-corrected chi connectivity index (χ2v) is 6.95. The Labute approximate surface area is 117 Å². The van der Waals surface area contributed by atoms with Gasteiger partial charge in [-0.1, -0.05) is 6.42 Å². The number of aliphatic carboxylic acids is 1. The zero-order valence-corrected chi connectivity index (χ0v) is 11.9. The van der Waals surface area contributed by atoms with Gasteiger partial charge >= 0.3 is 5.97 Å². The number of imidazole rings is 1. The van der Waals surface area contributed by atoms with Gasteiger partial charge in [0, 0.05) is 36.5 Å². The minimum absolute atomic E-state index is 0.221. The Bertz CT molecular complexity index is 466. The smallest absolute Gasteiger partial charge is 0.306 e. The molecular weight excluding hydrogens is 260 g/mol. The Morgan fingerprint density at radius 3 is 3.11 bits per heavy atom. The van der Waals surface area contributed by atoms with Gasteiger partial charge in [-0.2, -0.15) is 11.8 Å². The summed E-state index contributed by atoms with van der Waals surface area (Å²) in [4.78, 5) is 15.6. The molecule has 1 N–H and O–H groups in total. The SMILES string of the molecule is O=C(O)C1CCn2c(cnc2CC2CCCCS2)C1. The first kappa shape index (κ1) is 13.0. The van der Waals surface area contributed by atoms with Gasteiger partial charge in [-0.15, -0.1) is 0 Å². The number of rotatable bonds is 3. The van der Waals surface area contributed by atoms with Crippen LogP contribution in [0.4, 0.5) is 0 Å². The number of carboxylic acids is 1. The first-order valence-electron chi connectivity index (χ1n) is 7.11. The summed E-state index contributed by atoms with van der Waals surface area (Å²) in [5, 5.41) is 9.80. The number of thioether (sulfide) groups is 1. The second kappa shape index (κ2) is 5.57. The number of nitrogens with zero attached hydrogens (tertiary/aromatic N) is 2. The van der Waals surface area contributed by atoms with Crippen molar-refractivity contribution in [3.8, 4) is 0 Å². The van der Waals surface area contributed by atoms with Crippen LogP contribution in [0, 0.1) is 5.92 Å². The van der Waals surface area contributed by atoms with Crippen LogP contribution in [-0.4, -0.2) is 31.6 Å². The molecule has 1 aromatic heterocycles. The van der Waals surface area contributed by atoms with Crippen molar-refractivity contribution < 1.29 is 9.90 Å². The van der Waals surface area contributed by atoms with E-state index in [1.807, 2.05) is 6.20 Å². The van der Waals surface area contributed by atoms with E-state index in [1.54, 1.807) is 0 Å². The standard InChI is InChI=1S/C14H20N2O2S/c17-14(18)10-4-5-16-11(7-10)9-15-13(16)8-12-3-1-2-6-19-12/h9-10,12H,1-8H2,(H,17,18). The minimum atomic E-state index is -0.670. The molecule has 0 bridgehead atoms. The molecule has 4 nitrogen and oxygen atoms in total. The van der Waals surface area contributed by atoms with E-state index < -0.39 is 5.97 Å². The van der Waals surface area contributed by atoms with E-state index >= 15 is 0 Å². The first-order chi connectivity index (χ1) is 9.24. The number of hydrogen-bond acceptors (Lipinski definition) is 3. The maximum Gasteiger partial charge on any atom is 0.306 e. The highest BCUT2D eigenvalue weighted by Gasteiger charge is 2.27. The quantitative estimate of drug-likeness (QED) is 0.923. The van der Waals surface area contributed by atoms with Crippen molar-refractivity contribution >= 4 is 17.7 Å². The minimum Gasteiger partial charge on any atom is -0.481 e. The number of aromatic nitrogens is 2. The summed E-state index contributed by atoms with van der Waals surface area (Å²) in [7, 11) is 0. The fraction of sp³-hybridized carbons (Fsp3) is 0.714. The maximum absolute atomic E-state index is 11.1. The van der Waals surface area contributed by atoms with Gasteiger partial charge in [0.25, 0.3) is 0 Å². The largest absolute Gasteiger partial charge is 0.481 e. The second-order valence-electron chi connectivity index (χ2n) is 5.54. The summed E-state index contributed by atoms with van der Waals surface area (Å²) >= 11 is 2.07. The molecule has 1 saturated heterocycles. The van der Waals surface area contributed by atoms with E-state index in [4.69, 9.17) is 5.11 Å². The van der Waals surface area contributed by atoms with Crippen LogP contribution in [0.5, 0.6) is 0 Å². The van der Waals surface area contributed by atoms with Crippen LogP contribution in [0.15, 0.2) is 6.20 Å². The summed E-state index contributed by atoms with van der Waals surface area (Å²) in [6.07, 6.45) is 8.29. The van der Waals surface area contributed by atoms with Crippen LogP contribution >= 0.6 is 11.8 Å². The fourth-order valence-electron chi connectivity index (χ4n) is 3.07. The topological polar surface area (TPSA) is 55.1 Å². The van der Waals surface area contributed by atoms with Gasteiger partial charge in [0.15, 0.2) is 0 Å². The maximum atomic E-state index is 11.1. The van der Waals surface area contributed by atoms with Crippen LogP contribution < -0.4 is 0 Å². The predicted octanol–water partition coefficient (Wildman–Crippen LogP) is 2.36. The van der Waals surface area contributed by atoms with Crippen molar-refractivity contribution in [1.82, 2.24) is 9.55 Å². The van der Waals surface area contributed by atoms with Crippen molar-refractivity contribution in [1.29, 1.82) is 0 Å². The molecule has 0 radical (unpaired) electrons. The summed E-state index contributed by atoms with van der Waals surface area (Å²) < 4.78 is 2.26. The molecule has 2 atom stereocenters. The fourth-order valence-corrected chi connectivity index (χ4v) is 4.38. The highest BCUT2D eigenvalue weighted by Crippen LogP contribution is 2.29. The van der Waals surface area contributed by atoms with Gasteiger partial charge in [-0.05, 0) is 25.0 Å². The monoisotopic (exact) mass is 280 g/mol. The highest BCUT2D eigenvalue weighted by molar-refractivity contribution is 7.99. The first-order valence-corrected chi connectivity index (χ1v) is 8.16. The Hall–Kier alpha value is -0.970. The van der Waals surface area contributed by atoms with E-state index in [9.17, 15) is 4.79 Å². The van der Waals surface area contributed by atoms with Crippen molar-refractivity contribution in [2.45, 2.75) is 50.3 Å². The van der Waals surface area contributed by atoms with E-state index in [-0.39, 0.29) is 5.92 Å². The summed E-state index contributed by atoms with van der Waals surface area (Å²) in [6.45, 7) is 0.818. The lowest BCUT2D eigenvalue weighted by molar-refractivity contribution is -0.142. The molecule has 2 unspecified atom stereocenters. The average molecular weight is 280 g/mol. The van der Waals surface area contributed by atoms with Gasteiger partial charge in [0.1, 0.15) is 5.82 Å². The Kier molecular flexibility index (Phi) is 3.82. The zero-order chi connectivity index (χ0) is 13.2. The van der Waals surface area contributed by atoms with Gasteiger partial charge in [-0.25, -0.2) is 4.98 Å². The van der Waals surface area contributed by atoms with Gasteiger partial charge < -0.3 is 9.67 Å². The lowest BCUT2D eigenvalue weighted by Crippen LogP contribution is -2.26. The molecule has 0 saturated carbocycles. The summed E-state index contributed by atoms with van der Waals surface area (Å²) in [6, 6.07) is 0. The van der Waals surface area contributed by atoms with Crippen molar-refractivity contribution in [2.24, 2.45) is 5.92 Å². The van der Waals surface area contributed by atoms with E-state index in [1.165, 1.54) is 30.8 Å². The number of carbonyl (C=O) groups is 1. The van der Waals surface area contributed by atoms with Gasteiger partial charge in [-0.3, -0.25) is 4.79 Å². The summed E-state index contributed by atoms with van der Waals surface area (Å²) in [5.74, 6) is 1.55. The van der Waals surface area contributed by atoms with Crippen molar-refractivity contribution in [2.75, 3.05) is 5.75 Å². The van der Waals surface area contributed by atoms with Gasteiger partial charge in [0.05, 0.1) is 5.92 Å². The molecule has 0 spiro atoms. The molecule has 0 aliphatic carbocycles. The lowest BCUT2D eigenvalue weighted by Gasteiger charge is -2.24. The molecule has 1 fully saturated rings. The third-order valence-corrected chi connectivity index (χ3v) is 5.61. The Morgan fingerprint density at radius 1 is 1.47 bits per heavy atom. The molecule has 1 aromatic rings. The molecule has 3 rings (SSSR count). The highest BCUT2D eigenvalue weighted by atomic mass is 32.2. The molecule has 0 amide bonds. The third kappa shape index (κ3) is 2.81. The molecule has 3 heterocycles. The number of hydrogen-bond donors (Lipinski definition) is 1. The van der Waals surface area contributed by atoms with Crippen LogP contribution in [0.3, 0.4) is 0 Å². The third-order valence-electron chi connectivity index (χ3n) is 4.21. The molecule has 5 heteroatoms. The lowest BCUT2D eigenvalue weighted by atomic mass is 9.96. The van der Waals surface area contributed by atoms with Crippen LogP contribution in [0.1, 0.15) is 37.2 Å². The average Bonchev–Trinajstić information content (AvgIpc) is 2.82.